The number of alkyl halides is 1. The number of hydrogen-bond acceptors (Lipinski definition) is 10. The summed E-state index contributed by atoms with van der Waals surface area (Å²) in [7, 11) is 1.33. The third kappa shape index (κ3) is 7.56. The summed E-state index contributed by atoms with van der Waals surface area (Å²) >= 11 is 3.21. The molecule has 1 heterocycles. The van der Waals surface area contributed by atoms with Crippen LogP contribution in [-0.4, -0.2) is 61.7 Å². The highest BCUT2D eigenvalue weighted by molar-refractivity contribution is 9.09. The molecule has 0 atom stereocenters. The quantitative estimate of drug-likeness (QED) is 0.124. The fraction of sp³-hybridized carbons (Fsp3) is 0.450. The normalized spacial score (nSPS) is 11.0. The van der Waals surface area contributed by atoms with Crippen LogP contribution >= 0.6 is 15.9 Å². The van der Waals surface area contributed by atoms with Gasteiger partial charge in [0, 0.05) is 19.5 Å². The lowest BCUT2D eigenvalue weighted by Crippen LogP contribution is -2.23. The van der Waals surface area contributed by atoms with Crippen molar-refractivity contribution in [2.75, 3.05) is 32.8 Å². The highest BCUT2D eigenvalue weighted by Crippen LogP contribution is 2.40. The fourth-order valence-electron chi connectivity index (χ4n) is 2.52. The van der Waals surface area contributed by atoms with E-state index in [4.69, 9.17) is 23.7 Å². The van der Waals surface area contributed by atoms with E-state index in [1.54, 1.807) is 0 Å². The van der Waals surface area contributed by atoms with E-state index in [0.717, 1.165) is 6.04 Å². The van der Waals surface area contributed by atoms with Crippen molar-refractivity contribution in [3.63, 3.8) is 0 Å². The van der Waals surface area contributed by atoms with Gasteiger partial charge in [-0.1, -0.05) is 35.6 Å². The highest BCUT2D eigenvalue weighted by atomic mass is 79.9. The Bertz CT molecular complexity index is 978. The molecule has 13 heteroatoms. The first-order valence-electron chi connectivity index (χ1n) is 9.91. The van der Waals surface area contributed by atoms with Crippen LogP contribution in [0.1, 0.15) is 10.4 Å². The number of nitro benzene ring substituents is 1. The molecule has 11 nitrogen and oxygen atoms in total. The molecule has 0 aliphatic carbocycles. The maximum atomic E-state index is 13.1. The molecule has 0 radical (unpaired) electrons. The maximum Gasteiger partial charge on any atom is 0.346 e. The molecule has 0 amide bonds. The number of esters is 1. The van der Waals surface area contributed by atoms with Crippen molar-refractivity contribution >= 4 is 35.7 Å². The zero-order valence-electron chi connectivity index (χ0n) is 19.0. The van der Waals surface area contributed by atoms with E-state index in [2.05, 4.69) is 45.5 Å². The number of halogens is 1. The molecule has 0 aliphatic rings. The summed E-state index contributed by atoms with van der Waals surface area (Å²) in [6, 6.07) is 4.41. The van der Waals surface area contributed by atoms with Gasteiger partial charge in [0.1, 0.15) is 5.75 Å². The summed E-state index contributed by atoms with van der Waals surface area (Å²) in [6.45, 7) is 6.66. The molecule has 0 saturated heterocycles. The Balaban J connectivity index is 2.54. The smallest absolute Gasteiger partial charge is 0.346 e. The average molecular weight is 544 g/mol. The number of nitrogens with zero attached hydrogens (tertiary/aromatic N) is 3. The fourth-order valence-corrected chi connectivity index (χ4v) is 3.40. The maximum absolute atomic E-state index is 13.1. The molecule has 33 heavy (non-hydrogen) atoms. The molecule has 0 fully saturated rings. The Morgan fingerprint density at radius 3 is 2.27 bits per heavy atom. The van der Waals surface area contributed by atoms with E-state index in [1.165, 1.54) is 32.4 Å². The van der Waals surface area contributed by atoms with Gasteiger partial charge >= 0.3 is 17.7 Å². The second kappa shape index (κ2) is 11.8. The second-order valence-electron chi connectivity index (χ2n) is 7.87. The third-order valence-corrected chi connectivity index (χ3v) is 6.21. The Kier molecular flexibility index (Phi) is 9.40. The molecule has 0 aliphatic heterocycles. The van der Waals surface area contributed by atoms with Crippen molar-refractivity contribution in [1.29, 1.82) is 0 Å². The van der Waals surface area contributed by atoms with Crippen molar-refractivity contribution in [3.05, 3.63) is 33.9 Å². The minimum absolute atomic E-state index is 0.0708. The van der Waals surface area contributed by atoms with Gasteiger partial charge in [-0.3, -0.25) is 10.1 Å². The van der Waals surface area contributed by atoms with Gasteiger partial charge in [-0.25, -0.2) is 4.79 Å². The Labute approximate surface area is 200 Å². The van der Waals surface area contributed by atoms with Crippen LogP contribution in [0.5, 0.6) is 29.3 Å². The summed E-state index contributed by atoms with van der Waals surface area (Å²) in [5.41, 5.74) is -0.629. The number of carbonyl (C=O) groups excluding carboxylic acids is 1. The van der Waals surface area contributed by atoms with E-state index in [0.29, 0.717) is 5.33 Å². The third-order valence-electron chi connectivity index (χ3n) is 4.19. The van der Waals surface area contributed by atoms with Crippen LogP contribution < -0.4 is 18.9 Å². The standard InChI is InChI=1S/C20H26BrN3O8Si/c1-28-15-12-16(29-2)23-20(22-15)32-14-7-6-13(24(26)27)18(30-9-8-21)17(14)19(25)31-10-11-33(3,4)5/h6-7,12H,8-11H2,1-5H3. The molecule has 2 rings (SSSR count). The predicted octanol–water partition coefficient (Wildman–Crippen LogP) is 4.46. The van der Waals surface area contributed by atoms with Gasteiger partial charge in [0.2, 0.25) is 17.5 Å². The van der Waals surface area contributed by atoms with Crippen LogP contribution in [0.25, 0.3) is 0 Å². The molecule has 2 aromatic rings. The number of aromatic nitrogens is 2. The molecule has 0 N–H and O–H groups in total. The molecule has 0 saturated carbocycles. The second-order valence-corrected chi connectivity index (χ2v) is 14.3. The van der Waals surface area contributed by atoms with Gasteiger partial charge in [-0.2, -0.15) is 9.97 Å². The van der Waals surface area contributed by atoms with Crippen LogP contribution in [-0.2, 0) is 4.74 Å². The minimum atomic E-state index is -1.49. The molecular formula is C20H26BrN3O8Si. The zero-order chi connectivity index (χ0) is 24.6. The van der Waals surface area contributed by atoms with Crippen molar-refractivity contribution in [3.8, 4) is 29.3 Å². The van der Waals surface area contributed by atoms with Crippen molar-refractivity contribution in [1.82, 2.24) is 9.97 Å². The molecular weight excluding hydrogens is 518 g/mol. The Morgan fingerprint density at radius 2 is 1.76 bits per heavy atom. The van der Waals surface area contributed by atoms with Crippen molar-refractivity contribution < 1.29 is 33.4 Å². The first kappa shape index (κ1) is 26.3. The van der Waals surface area contributed by atoms with Crippen LogP contribution in [0, 0.1) is 10.1 Å². The number of nitro groups is 1. The van der Waals surface area contributed by atoms with Gasteiger partial charge in [0.15, 0.2) is 5.56 Å². The summed E-state index contributed by atoms with van der Waals surface area (Å²) in [5, 5.41) is 12.0. The predicted molar refractivity (Wildman–Crippen MR) is 126 cm³/mol. The average Bonchev–Trinajstić information content (AvgIpc) is 2.75. The van der Waals surface area contributed by atoms with E-state index in [9.17, 15) is 14.9 Å². The number of methoxy groups -OCH3 is 2. The van der Waals surface area contributed by atoms with E-state index in [1.807, 2.05) is 0 Å². The lowest BCUT2D eigenvalue weighted by atomic mass is 10.1. The number of carbonyl (C=O) groups is 1. The Morgan fingerprint density at radius 1 is 1.12 bits per heavy atom. The molecule has 0 unspecified atom stereocenters. The number of hydrogen-bond donors (Lipinski definition) is 0. The van der Waals surface area contributed by atoms with Gasteiger partial charge < -0.3 is 23.7 Å². The molecule has 0 bridgehead atoms. The summed E-state index contributed by atoms with van der Waals surface area (Å²) in [5.74, 6) is -0.822. The Hall–Kier alpha value is -2.93. The topological polar surface area (TPSA) is 132 Å². The van der Waals surface area contributed by atoms with Gasteiger partial charge in [0.05, 0.1) is 38.4 Å². The monoisotopic (exact) mass is 543 g/mol. The van der Waals surface area contributed by atoms with Crippen LogP contribution in [0.4, 0.5) is 5.69 Å². The molecule has 1 aromatic heterocycles. The van der Waals surface area contributed by atoms with E-state index < -0.39 is 24.7 Å². The zero-order valence-corrected chi connectivity index (χ0v) is 21.6. The number of rotatable bonds is 12. The largest absolute Gasteiger partial charge is 0.485 e. The lowest BCUT2D eigenvalue weighted by Gasteiger charge is -2.17. The lowest BCUT2D eigenvalue weighted by molar-refractivity contribution is -0.385. The van der Waals surface area contributed by atoms with E-state index in [-0.39, 0.29) is 48.0 Å². The molecule has 0 spiro atoms. The molecule has 180 valence electrons. The highest BCUT2D eigenvalue weighted by Gasteiger charge is 2.30. The SMILES string of the molecule is COc1cc(OC)nc(Oc2ccc([N+](=O)[O-])c(OCCBr)c2C(=O)OCC[Si](C)(C)C)n1. The van der Waals surface area contributed by atoms with Crippen LogP contribution in [0.3, 0.4) is 0 Å². The van der Waals surface area contributed by atoms with Crippen molar-refractivity contribution in [2.24, 2.45) is 0 Å². The molecule has 1 aromatic carbocycles. The number of ether oxygens (including phenoxy) is 5. The van der Waals surface area contributed by atoms with Crippen LogP contribution in [0.15, 0.2) is 18.2 Å². The summed E-state index contributed by atoms with van der Waals surface area (Å²) in [6.07, 6.45) is 0. The first-order chi connectivity index (χ1) is 15.6. The summed E-state index contributed by atoms with van der Waals surface area (Å²) in [4.78, 5) is 32.2. The first-order valence-corrected chi connectivity index (χ1v) is 14.7. The minimum Gasteiger partial charge on any atom is -0.485 e. The summed E-state index contributed by atoms with van der Waals surface area (Å²) < 4.78 is 26.9. The van der Waals surface area contributed by atoms with Gasteiger partial charge in [-0.15, -0.1) is 0 Å². The van der Waals surface area contributed by atoms with E-state index >= 15 is 0 Å². The van der Waals surface area contributed by atoms with Gasteiger partial charge in [0.25, 0.3) is 0 Å². The van der Waals surface area contributed by atoms with Crippen LogP contribution in [0.2, 0.25) is 25.7 Å². The number of benzene rings is 1. The van der Waals surface area contributed by atoms with Gasteiger partial charge in [-0.05, 0) is 12.1 Å². The van der Waals surface area contributed by atoms with Crippen molar-refractivity contribution in [2.45, 2.75) is 25.7 Å².